The molecule has 0 atom stereocenters. The van der Waals surface area contributed by atoms with Crippen molar-refractivity contribution in [3.8, 4) is 6.07 Å². The molecule has 1 N–H and O–H groups in total. The molecule has 0 aromatic heterocycles. The van der Waals surface area contributed by atoms with Gasteiger partial charge in [-0.15, -0.1) is 0 Å². The van der Waals surface area contributed by atoms with Gasteiger partial charge in [0.15, 0.2) is 0 Å². The Bertz CT molecular complexity index is 923. The number of nitrogens with one attached hydrogen (secondary N) is 1. The van der Waals surface area contributed by atoms with Gasteiger partial charge in [0.2, 0.25) is 10.0 Å². The highest BCUT2D eigenvalue weighted by Gasteiger charge is 2.30. The van der Waals surface area contributed by atoms with E-state index in [2.05, 4.69) is 6.07 Å². The Kier molecular flexibility index (Phi) is 5.42. The third-order valence-electron chi connectivity index (χ3n) is 5.08. The first kappa shape index (κ1) is 18.6. The third-order valence-corrected chi connectivity index (χ3v) is 6.98. The normalized spacial score (nSPS) is 16.3. The van der Waals surface area contributed by atoms with Crippen molar-refractivity contribution >= 4 is 10.0 Å². The number of piperazine rings is 1. The van der Waals surface area contributed by atoms with Gasteiger partial charge < -0.3 is 4.90 Å². The molecule has 3 rings (SSSR count). The molecular weight excluding hydrogens is 346 g/mol. The third kappa shape index (κ3) is 3.96. The monoisotopic (exact) mass is 370 g/mol. The van der Waals surface area contributed by atoms with Gasteiger partial charge in [-0.2, -0.15) is 9.57 Å². The lowest BCUT2D eigenvalue weighted by Crippen LogP contribution is -3.13. The van der Waals surface area contributed by atoms with Crippen LogP contribution in [0.5, 0.6) is 0 Å². The van der Waals surface area contributed by atoms with Crippen molar-refractivity contribution in [3.05, 3.63) is 64.7 Å². The van der Waals surface area contributed by atoms with E-state index in [9.17, 15) is 8.42 Å². The van der Waals surface area contributed by atoms with E-state index in [0.29, 0.717) is 23.5 Å². The Hall–Kier alpha value is -2.20. The fourth-order valence-electron chi connectivity index (χ4n) is 3.23. The van der Waals surface area contributed by atoms with E-state index in [1.807, 2.05) is 44.2 Å². The summed E-state index contributed by atoms with van der Waals surface area (Å²) in [5.74, 6) is 0. The van der Waals surface area contributed by atoms with Gasteiger partial charge in [-0.1, -0.05) is 18.2 Å². The predicted molar refractivity (Wildman–Crippen MR) is 100 cm³/mol. The predicted octanol–water partition coefficient (Wildman–Crippen LogP) is 1.26. The fraction of sp³-hybridized carbons (Fsp3) is 0.350. The molecule has 1 heterocycles. The SMILES string of the molecule is Cc1ccc(S(=O)(=O)N2CC[NH+](Cc3ccc(C#N)cc3)CC2)cc1C. The van der Waals surface area contributed by atoms with Crippen LogP contribution in [0.4, 0.5) is 0 Å². The molecule has 0 saturated carbocycles. The van der Waals surface area contributed by atoms with Crippen LogP contribution in [0.1, 0.15) is 22.3 Å². The highest BCUT2D eigenvalue weighted by molar-refractivity contribution is 7.89. The molecule has 0 unspecified atom stereocenters. The van der Waals surface area contributed by atoms with Crippen LogP contribution >= 0.6 is 0 Å². The van der Waals surface area contributed by atoms with E-state index in [4.69, 9.17) is 5.26 Å². The Balaban J connectivity index is 1.63. The zero-order valence-corrected chi connectivity index (χ0v) is 16.0. The molecule has 136 valence electrons. The van der Waals surface area contributed by atoms with Crippen molar-refractivity contribution in [1.29, 1.82) is 5.26 Å². The number of aryl methyl sites for hydroxylation is 2. The summed E-state index contributed by atoms with van der Waals surface area (Å²) >= 11 is 0. The number of benzene rings is 2. The van der Waals surface area contributed by atoms with E-state index in [1.54, 1.807) is 16.4 Å². The largest absolute Gasteiger partial charge is 0.329 e. The highest BCUT2D eigenvalue weighted by Crippen LogP contribution is 2.19. The van der Waals surface area contributed by atoms with Crippen LogP contribution in [0.3, 0.4) is 0 Å². The van der Waals surface area contributed by atoms with Gasteiger partial charge in [0.1, 0.15) is 6.54 Å². The molecule has 0 amide bonds. The number of hydrogen-bond acceptors (Lipinski definition) is 3. The lowest BCUT2D eigenvalue weighted by Gasteiger charge is -2.31. The van der Waals surface area contributed by atoms with Gasteiger partial charge in [-0.05, 0) is 49.2 Å². The molecular formula is C20H24N3O2S+. The molecule has 5 nitrogen and oxygen atoms in total. The maximum absolute atomic E-state index is 12.9. The van der Waals surface area contributed by atoms with Crippen LogP contribution in [0.25, 0.3) is 0 Å². The highest BCUT2D eigenvalue weighted by atomic mass is 32.2. The summed E-state index contributed by atoms with van der Waals surface area (Å²) < 4.78 is 27.3. The Labute approximate surface area is 155 Å². The van der Waals surface area contributed by atoms with Gasteiger partial charge in [-0.25, -0.2) is 8.42 Å². The lowest BCUT2D eigenvalue weighted by atomic mass is 10.1. The Morgan fingerprint density at radius 1 is 1.04 bits per heavy atom. The molecule has 2 aromatic rings. The van der Waals surface area contributed by atoms with Gasteiger partial charge in [0.05, 0.1) is 42.7 Å². The first-order valence-electron chi connectivity index (χ1n) is 8.80. The minimum atomic E-state index is -3.42. The molecule has 26 heavy (non-hydrogen) atoms. The first-order valence-corrected chi connectivity index (χ1v) is 10.2. The molecule has 1 fully saturated rings. The second-order valence-corrected chi connectivity index (χ2v) is 8.82. The zero-order valence-electron chi connectivity index (χ0n) is 15.2. The summed E-state index contributed by atoms with van der Waals surface area (Å²) in [6.45, 7) is 7.39. The summed E-state index contributed by atoms with van der Waals surface area (Å²) in [5.41, 5.74) is 3.93. The minimum absolute atomic E-state index is 0.385. The van der Waals surface area contributed by atoms with Crippen LogP contribution in [-0.4, -0.2) is 38.9 Å². The zero-order chi connectivity index (χ0) is 18.7. The van der Waals surface area contributed by atoms with E-state index in [-0.39, 0.29) is 0 Å². The molecule has 1 aliphatic heterocycles. The summed E-state index contributed by atoms with van der Waals surface area (Å²) in [6, 6.07) is 15.1. The lowest BCUT2D eigenvalue weighted by molar-refractivity contribution is -0.917. The molecule has 0 aliphatic carbocycles. The maximum atomic E-state index is 12.9. The van der Waals surface area contributed by atoms with Crippen molar-refractivity contribution in [1.82, 2.24) is 4.31 Å². The van der Waals surface area contributed by atoms with Gasteiger partial charge in [0.25, 0.3) is 0 Å². The fourth-order valence-corrected chi connectivity index (χ4v) is 4.76. The standard InChI is InChI=1S/C20H23N3O2S/c1-16-3-8-20(13-17(16)2)26(24,25)23-11-9-22(10-12-23)15-19-6-4-18(14-21)5-7-19/h3-8,13H,9-12,15H2,1-2H3/p+1. The van der Waals surface area contributed by atoms with Crippen LogP contribution < -0.4 is 4.90 Å². The van der Waals surface area contributed by atoms with Crippen molar-refractivity contribution in [2.24, 2.45) is 0 Å². The van der Waals surface area contributed by atoms with Gasteiger partial charge in [0, 0.05) is 5.56 Å². The second-order valence-electron chi connectivity index (χ2n) is 6.89. The summed E-state index contributed by atoms with van der Waals surface area (Å²) in [7, 11) is -3.42. The molecule has 2 aromatic carbocycles. The average molecular weight is 370 g/mol. The number of hydrogen-bond donors (Lipinski definition) is 1. The quantitative estimate of drug-likeness (QED) is 0.881. The number of nitrogens with zero attached hydrogens (tertiary/aromatic N) is 2. The van der Waals surface area contributed by atoms with E-state index >= 15 is 0 Å². The van der Waals surface area contributed by atoms with Crippen LogP contribution in [-0.2, 0) is 16.6 Å². The summed E-state index contributed by atoms with van der Waals surface area (Å²) in [5, 5.41) is 8.86. The first-order chi connectivity index (χ1) is 12.4. The van der Waals surface area contributed by atoms with Gasteiger partial charge >= 0.3 is 0 Å². The topological polar surface area (TPSA) is 65.6 Å². The molecule has 6 heteroatoms. The second kappa shape index (κ2) is 7.58. The minimum Gasteiger partial charge on any atom is -0.329 e. The summed E-state index contributed by atoms with van der Waals surface area (Å²) in [6.07, 6.45) is 0. The molecule has 1 saturated heterocycles. The van der Waals surface area contributed by atoms with Crippen LogP contribution in [0.2, 0.25) is 0 Å². The molecule has 0 bridgehead atoms. The molecule has 1 aliphatic rings. The number of rotatable bonds is 4. The summed E-state index contributed by atoms with van der Waals surface area (Å²) in [4.78, 5) is 1.75. The Morgan fingerprint density at radius 2 is 1.69 bits per heavy atom. The smallest absolute Gasteiger partial charge is 0.243 e. The van der Waals surface area contributed by atoms with Crippen LogP contribution in [0.15, 0.2) is 47.4 Å². The Morgan fingerprint density at radius 3 is 2.27 bits per heavy atom. The maximum Gasteiger partial charge on any atom is 0.243 e. The molecule has 0 radical (unpaired) electrons. The number of quaternary nitrogens is 1. The molecule has 0 spiro atoms. The van der Waals surface area contributed by atoms with Crippen molar-refractivity contribution in [3.63, 3.8) is 0 Å². The number of sulfonamides is 1. The van der Waals surface area contributed by atoms with Gasteiger partial charge in [-0.3, -0.25) is 0 Å². The van der Waals surface area contributed by atoms with E-state index in [0.717, 1.165) is 30.8 Å². The average Bonchev–Trinajstić information content (AvgIpc) is 2.65. The number of nitriles is 1. The van der Waals surface area contributed by atoms with E-state index < -0.39 is 10.0 Å². The van der Waals surface area contributed by atoms with Crippen molar-refractivity contribution < 1.29 is 13.3 Å². The van der Waals surface area contributed by atoms with Crippen molar-refractivity contribution in [2.45, 2.75) is 25.3 Å². The van der Waals surface area contributed by atoms with Crippen molar-refractivity contribution in [2.75, 3.05) is 26.2 Å². The van der Waals surface area contributed by atoms with Crippen LogP contribution in [0, 0.1) is 25.2 Å². The van der Waals surface area contributed by atoms with E-state index in [1.165, 1.54) is 10.5 Å².